The fourth-order valence-electron chi connectivity index (χ4n) is 3.17. The van der Waals surface area contributed by atoms with Crippen LogP contribution in [0.4, 0.5) is 5.69 Å². The third kappa shape index (κ3) is 4.64. The summed E-state index contributed by atoms with van der Waals surface area (Å²) in [4.78, 5) is 13.6. The second-order valence-electron chi connectivity index (χ2n) is 6.05. The van der Waals surface area contributed by atoms with Crippen molar-refractivity contribution in [1.82, 2.24) is 5.32 Å². The van der Waals surface area contributed by atoms with Gasteiger partial charge in [0.1, 0.15) is 0 Å². The number of para-hydroxylation sites is 1. The van der Waals surface area contributed by atoms with Crippen LogP contribution in [-0.4, -0.2) is 24.2 Å². The van der Waals surface area contributed by atoms with Crippen LogP contribution in [0.5, 0.6) is 0 Å². The number of thioether (sulfide) groups is 1. The Bertz CT molecular complexity index is 485. The molecule has 1 aromatic rings. The predicted octanol–water partition coefficient (Wildman–Crippen LogP) is 4.08. The summed E-state index contributed by atoms with van der Waals surface area (Å²) in [6.45, 7) is 1.85. The molecule has 1 aliphatic carbocycles. The summed E-state index contributed by atoms with van der Waals surface area (Å²) in [6, 6.07) is 8.24. The van der Waals surface area contributed by atoms with Crippen LogP contribution >= 0.6 is 24.2 Å². The number of carbonyl (C=O) groups excluding carboxylic acids is 1. The average Bonchev–Trinajstić information content (AvgIpc) is 3.03. The molecule has 1 atom stereocenters. The van der Waals surface area contributed by atoms with Crippen molar-refractivity contribution in [1.29, 1.82) is 0 Å². The highest BCUT2D eigenvalue weighted by atomic mass is 35.5. The third-order valence-electron chi connectivity index (χ3n) is 4.41. The first-order valence-corrected chi connectivity index (χ1v) is 8.98. The maximum atomic E-state index is 12.4. The lowest BCUT2D eigenvalue weighted by atomic mass is 9.99. The van der Waals surface area contributed by atoms with Gasteiger partial charge in [-0.05, 0) is 44.4 Å². The molecule has 0 radical (unpaired) electrons. The Morgan fingerprint density at radius 1 is 1.14 bits per heavy atom. The third-order valence-corrected chi connectivity index (χ3v) is 5.82. The average molecular weight is 341 g/mol. The van der Waals surface area contributed by atoms with Crippen molar-refractivity contribution in [3.05, 3.63) is 24.3 Å². The molecule has 3 rings (SSSR count). The SMILES string of the molecule is Cl.O=C(Nc1ccccc1SC1CCCC1)[C@@H]1CCCNC1. The van der Waals surface area contributed by atoms with Crippen molar-refractivity contribution in [2.45, 2.75) is 48.7 Å². The number of benzene rings is 1. The molecular formula is C17H25ClN2OS. The molecule has 1 aliphatic heterocycles. The first-order valence-electron chi connectivity index (χ1n) is 8.10. The second kappa shape index (κ2) is 8.80. The minimum Gasteiger partial charge on any atom is -0.325 e. The van der Waals surface area contributed by atoms with Crippen molar-refractivity contribution in [3.8, 4) is 0 Å². The first-order chi connectivity index (χ1) is 10.3. The molecule has 3 nitrogen and oxygen atoms in total. The number of anilines is 1. The molecule has 0 aromatic heterocycles. The fourth-order valence-corrected chi connectivity index (χ4v) is 4.50. The Balaban J connectivity index is 0.00000176. The van der Waals surface area contributed by atoms with Crippen molar-refractivity contribution in [2.24, 2.45) is 5.92 Å². The number of piperidine rings is 1. The Morgan fingerprint density at radius 2 is 1.91 bits per heavy atom. The Hall–Kier alpha value is -0.710. The lowest BCUT2D eigenvalue weighted by molar-refractivity contribution is -0.120. The zero-order chi connectivity index (χ0) is 14.5. The van der Waals surface area contributed by atoms with Gasteiger partial charge in [-0.3, -0.25) is 4.79 Å². The van der Waals surface area contributed by atoms with Gasteiger partial charge in [-0.2, -0.15) is 0 Å². The minimum atomic E-state index is 0. The van der Waals surface area contributed by atoms with E-state index >= 15 is 0 Å². The molecular weight excluding hydrogens is 316 g/mol. The summed E-state index contributed by atoms with van der Waals surface area (Å²) in [6.07, 6.45) is 7.40. The minimum absolute atomic E-state index is 0. The zero-order valence-corrected chi connectivity index (χ0v) is 14.5. The quantitative estimate of drug-likeness (QED) is 0.867. The normalized spacial score (nSPS) is 22.1. The van der Waals surface area contributed by atoms with E-state index in [0.717, 1.165) is 36.9 Å². The first kappa shape index (κ1) is 17.6. The van der Waals surface area contributed by atoms with Gasteiger partial charge in [-0.25, -0.2) is 0 Å². The van der Waals surface area contributed by atoms with E-state index in [1.807, 2.05) is 23.9 Å². The molecule has 1 heterocycles. The molecule has 0 bridgehead atoms. The van der Waals surface area contributed by atoms with E-state index in [0.29, 0.717) is 0 Å². The van der Waals surface area contributed by atoms with Gasteiger partial charge in [0.2, 0.25) is 5.91 Å². The van der Waals surface area contributed by atoms with Crippen molar-refractivity contribution in [3.63, 3.8) is 0 Å². The number of halogens is 1. The molecule has 2 N–H and O–H groups in total. The van der Waals surface area contributed by atoms with Gasteiger partial charge in [0.05, 0.1) is 11.6 Å². The molecule has 22 heavy (non-hydrogen) atoms. The number of carbonyl (C=O) groups is 1. The van der Waals surface area contributed by atoms with Crippen LogP contribution < -0.4 is 10.6 Å². The van der Waals surface area contributed by atoms with E-state index in [9.17, 15) is 4.79 Å². The largest absolute Gasteiger partial charge is 0.325 e. The highest BCUT2D eigenvalue weighted by Gasteiger charge is 2.22. The van der Waals surface area contributed by atoms with E-state index in [1.54, 1.807) is 0 Å². The number of amides is 1. The van der Waals surface area contributed by atoms with Gasteiger partial charge < -0.3 is 10.6 Å². The zero-order valence-electron chi connectivity index (χ0n) is 12.8. The van der Waals surface area contributed by atoms with Gasteiger partial charge in [0.15, 0.2) is 0 Å². The van der Waals surface area contributed by atoms with Crippen LogP contribution in [0.1, 0.15) is 38.5 Å². The van der Waals surface area contributed by atoms with Crippen LogP contribution in [0, 0.1) is 5.92 Å². The van der Waals surface area contributed by atoms with E-state index < -0.39 is 0 Å². The fraction of sp³-hybridized carbons (Fsp3) is 0.588. The lowest BCUT2D eigenvalue weighted by Gasteiger charge is -2.22. The number of hydrogen-bond donors (Lipinski definition) is 2. The molecule has 122 valence electrons. The Labute approximate surface area is 143 Å². The van der Waals surface area contributed by atoms with Gasteiger partial charge in [-0.1, -0.05) is 25.0 Å². The molecule has 5 heteroatoms. The number of rotatable bonds is 4. The molecule has 2 aliphatic rings. The van der Waals surface area contributed by atoms with E-state index in [1.165, 1.54) is 30.6 Å². The Morgan fingerprint density at radius 3 is 2.64 bits per heavy atom. The van der Waals surface area contributed by atoms with Crippen molar-refractivity contribution < 1.29 is 4.79 Å². The molecule has 1 aromatic carbocycles. The maximum absolute atomic E-state index is 12.4. The molecule has 2 fully saturated rings. The van der Waals surface area contributed by atoms with Gasteiger partial charge in [0, 0.05) is 16.7 Å². The molecule has 1 amide bonds. The summed E-state index contributed by atoms with van der Waals surface area (Å²) >= 11 is 1.94. The maximum Gasteiger partial charge on any atom is 0.228 e. The van der Waals surface area contributed by atoms with Crippen LogP contribution in [0.15, 0.2) is 29.2 Å². The van der Waals surface area contributed by atoms with Crippen molar-refractivity contribution >= 4 is 35.8 Å². The monoisotopic (exact) mass is 340 g/mol. The van der Waals surface area contributed by atoms with Gasteiger partial charge in [-0.15, -0.1) is 24.2 Å². The standard InChI is InChI=1S/C17H24N2OS.ClH/c20-17(13-6-5-11-18-12-13)19-15-9-3-4-10-16(15)21-14-7-1-2-8-14;/h3-4,9-10,13-14,18H,1-2,5-8,11-12H2,(H,19,20);1H/t13-;/m1./s1. The summed E-state index contributed by atoms with van der Waals surface area (Å²) in [7, 11) is 0. The van der Waals surface area contributed by atoms with E-state index in [4.69, 9.17) is 0 Å². The Kier molecular flexibility index (Phi) is 7.06. The molecule has 1 saturated heterocycles. The van der Waals surface area contributed by atoms with Gasteiger partial charge >= 0.3 is 0 Å². The smallest absolute Gasteiger partial charge is 0.228 e. The summed E-state index contributed by atoms with van der Waals surface area (Å²) in [5.74, 6) is 0.282. The van der Waals surface area contributed by atoms with Crippen LogP contribution in [0.25, 0.3) is 0 Å². The molecule has 0 unspecified atom stereocenters. The predicted molar refractivity (Wildman–Crippen MR) is 96.0 cm³/mol. The van der Waals surface area contributed by atoms with Crippen molar-refractivity contribution in [2.75, 3.05) is 18.4 Å². The highest BCUT2D eigenvalue weighted by molar-refractivity contribution is 8.00. The number of nitrogens with one attached hydrogen (secondary N) is 2. The topological polar surface area (TPSA) is 41.1 Å². The van der Waals surface area contributed by atoms with Crippen LogP contribution in [0.2, 0.25) is 0 Å². The van der Waals surface area contributed by atoms with Gasteiger partial charge in [0.25, 0.3) is 0 Å². The molecule has 1 saturated carbocycles. The van der Waals surface area contributed by atoms with E-state index in [2.05, 4.69) is 22.8 Å². The number of hydrogen-bond acceptors (Lipinski definition) is 3. The summed E-state index contributed by atoms with van der Waals surface area (Å²) in [5.41, 5.74) is 0.991. The van der Waals surface area contributed by atoms with Crippen LogP contribution in [0.3, 0.4) is 0 Å². The van der Waals surface area contributed by atoms with E-state index in [-0.39, 0.29) is 24.2 Å². The summed E-state index contributed by atoms with van der Waals surface area (Å²) < 4.78 is 0. The summed E-state index contributed by atoms with van der Waals surface area (Å²) in [5, 5.41) is 7.18. The van der Waals surface area contributed by atoms with Crippen LogP contribution in [-0.2, 0) is 4.79 Å². The lowest BCUT2D eigenvalue weighted by Crippen LogP contribution is -2.37. The molecule has 0 spiro atoms. The second-order valence-corrected chi connectivity index (χ2v) is 7.40. The highest BCUT2D eigenvalue weighted by Crippen LogP contribution is 2.38.